The third-order valence-corrected chi connectivity index (χ3v) is 7.15. The van der Waals surface area contributed by atoms with Crippen LogP contribution >= 0.6 is 23.2 Å². The number of carbonyl (C=O) groups is 1. The molecule has 0 atom stereocenters. The number of nitrogens with zero attached hydrogens (tertiary/aromatic N) is 3. The Morgan fingerprint density at radius 2 is 1.72 bits per heavy atom. The van der Waals surface area contributed by atoms with E-state index in [4.69, 9.17) is 23.2 Å². The largest absolute Gasteiger partial charge is 0.406 e. The Labute approximate surface area is 178 Å². The molecular formula is C17H22Cl2F3N3O3S. The number of halogens is 5. The van der Waals surface area contributed by atoms with Gasteiger partial charge in [0.05, 0.1) is 21.5 Å². The highest BCUT2D eigenvalue weighted by Crippen LogP contribution is 2.27. The minimum absolute atomic E-state index is 0.00702. The zero-order valence-corrected chi connectivity index (χ0v) is 18.2. The Balaban J connectivity index is 1.99. The molecule has 1 fully saturated rings. The molecule has 0 radical (unpaired) electrons. The number of sulfonamides is 1. The lowest BCUT2D eigenvalue weighted by molar-refractivity contribution is -0.165. The van der Waals surface area contributed by atoms with Crippen molar-refractivity contribution in [1.82, 2.24) is 14.1 Å². The van der Waals surface area contributed by atoms with Crippen LogP contribution in [0.4, 0.5) is 13.2 Å². The van der Waals surface area contributed by atoms with Crippen LogP contribution in [0.5, 0.6) is 0 Å². The van der Waals surface area contributed by atoms with E-state index in [-0.39, 0.29) is 47.7 Å². The van der Waals surface area contributed by atoms with Crippen molar-refractivity contribution >= 4 is 39.1 Å². The van der Waals surface area contributed by atoms with Crippen LogP contribution < -0.4 is 0 Å². The first-order valence-electron chi connectivity index (χ1n) is 8.85. The van der Waals surface area contributed by atoms with Crippen molar-refractivity contribution in [2.75, 3.05) is 39.3 Å². The molecule has 1 aliphatic rings. The van der Waals surface area contributed by atoms with Gasteiger partial charge in [-0.1, -0.05) is 23.2 Å². The van der Waals surface area contributed by atoms with E-state index in [9.17, 15) is 26.4 Å². The minimum atomic E-state index is -4.48. The number of benzene rings is 1. The molecule has 1 saturated heterocycles. The molecule has 1 aliphatic heterocycles. The summed E-state index contributed by atoms with van der Waals surface area (Å²) in [4.78, 5) is 14.8. The zero-order chi connectivity index (χ0) is 22.0. The van der Waals surface area contributed by atoms with Gasteiger partial charge < -0.3 is 4.90 Å². The summed E-state index contributed by atoms with van der Waals surface area (Å²) in [5.41, 5.74) is 0. The minimum Gasteiger partial charge on any atom is -0.330 e. The second-order valence-electron chi connectivity index (χ2n) is 6.99. The van der Waals surface area contributed by atoms with Gasteiger partial charge in [0.1, 0.15) is 6.54 Å². The average molecular weight is 476 g/mol. The number of rotatable bonds is 6. The fourth-order valence-electron chi connectivity index (χ4n) is 2.95. The van der Waals surface area contributed by atoms with Gasteiger partial charge in [-0.25, -0.2) is 8.42 Å². The van der Waals surface area contributed by atoms with Crippen LogP contribution in [-0.4, -0.2) is 79.9 Å². The first-order valence-corrected chi connectivity index (χ1v) is 11.0. The second-order valence-corrected chi connectivity index (χ2v) is 9.74. The van der Waals surface area contributed by atoms with Gasteiger partial charge in [-0.2, -0.15) is 17.5 Å². The molecule has 0 unspecified atom stereocenters. The summed E-state index contributed by atoms with van der Waals surface area (Å²) < 4.78 is 64.8. The number of hydrogen-bond acceptors (Lipinski definition) is 4. The van der Waals surface area contributed by atoms with E-state index >= 15 is 0 Å². The van der Waals surface area contributed by atoms with Crippen LogP contribution in [0.1, 0.15) is 13.8 Å². The molecule has 0 aliphatic carbocycles. The summed E-state index contributed by atoms with van der Waals surface area (Å²) in [6.07, 6.45) is -4.48. The summed E-state index contributed by atoms with van der Waals surface area (Å²) >= 11 is 11.7. The van der Waals surface area contributed by atoms with Gasteiger partial charge in [-0.15, -0.1) is 0 Å². The van der Waals surface area contributed by atoms with Crippen molar-refractivity contribution < 1.29 is 26.4 Å². The average Bonchev–Trinajstić information content (AvgIpc) is 2.61. The van der Waals surface area contributed by atoms with Crippen molar-refractivity contribution in [3.05, 3.63) is 28.2 Å². The van der Waals surface area contributed by atoms with E-state index in [1.165, 1.54) is 36.4 Å². The lowest BCUT2D eigenvalue weighted by Gasteiger charge is -2.35. The van der Waals surface area contributed by atoms with Gasteiger partial charge in [-0.05, 0) is 32.0 Å². The van der Waals surface area contributed by atoms with Gasteiger partial charge in [0.25, 0.3) is 0 Å². The predicted octanol–water partition coefficient (Wildman–Crippen LogP) is 3.10. The molecule has 0 N–H and O–H groups in total. The van der Waals surface area contributed by atoms with E-state index in [0.29, 0.717) is 0 Å². The molecule has 6 nitrogen and oxygen atoms in total. The third-order valence-electron chi connectivity index (χ3n) is 4.51. The second kappa shape index (κ2) is 9.38. The highest BCUT2D eigenvalue weighted by Gasteiger charge is 2.35. The quantitative estimate of drug-likeness (QED) is 0.634. The normalized spacial score (nSPS) is 17.0. The number of carbonyl (C=O) groups excluding carboxylic acids is 1. The van der Waals surface area contributed by atoms with Crippen LogP contribution in [0.3, 0.4) is 0 Å². The first kappa shape index (κ1) is 24.2. The maximum atomic E-state index is 12.7. The van der Waals surface area contributed by atoms with Crippen LogP contribution in [0.25, 0.3) is 0 Å². The topological polar surface area (TPSA) is 60.9 Å². The van der Waals surface area contributed by atoms with Crippen molar-refractivity contribution in [2.45, 2.75) is 31.0 Å². The van der Waals surface area contributed by atoms with Crippen LogP contribution in [0.15, 0.2) is 23.1 Å². The fraction of sp³-hybridized carbons (Fsp3) is 0.588. The summed E-state index contributed by atoms with van der Waals surface area (Å²) in [5.74, 6) is -0.641. The highest BCUT2D eigenvalue weighted by molar-refractivity contribution is 7.89. The van der Waals surface area contributed by atoms with Gasteiger partial charge in [0.2, 0.25) is 15.9 Å². The Morgan fingerprint density at radius 1 is 1.14 bits per heavy atom. The molecule has 1 aromatic carbocycles. The summed E-state index contributed by atoms with van der Waals surface area (Å²) in [5, 5.41) is 0.359. The summed E-state index contributed by atoms with van der Waals surface area (Å²) in [7, 11) is -3.79. The number of piperazine rings is 1. The van der Waals surface area contributed by atoms with Gasteiger partial charge in [0, 0.05) is 32.2 Å². The molecule has 29 heavy (non-hydrogen) atoms. The lowest BCUT2D eigenvalue weighted by atomic mass is 10.2. The Morgan fingerprint density at radius 3 is 2.21 bits per heavy atom. The van der Waals surface area contributed by atoms with Crippen LogP contribution in [0.2, 0.25) is 10.0 Å². The number of hydrogen-bond donors (Lipinski definition) is 0. The molecule has 164 valence electrons. The third kappa shape index (κ3) is 6.45. The van der Waals surface area contributed by atoms with Crippen LogP contribution in [0, 0.1) is 0 Å². The molecule has 1 aromatic rings. The van der Waals surface area contributed by atoms with E-state index in [0.717, 1.165) is 4.90 Å². The maximum absolute atomic E-state index is 12.7. The Hall–Kier alpha value is -1.07. The van der Waals surface area contributed by atoms with Gasteiger partial charge >= 0.3 is 6.18 Å². The lowest BCUT2D eigenvalue weighted by Crippen LogP contribution is -2.53. The molecule has 1 amide bonds. The SMILES string of the molecule is CC(C)N(CC(F)(F)F)C(=O)CN1CCN(S(=O)(=O)c2ccc(Cl)c(Cl)c2)CC1. The first-order chi connectivity index (χ1) is 13.3. The number of amides is 1. The number of alkyl halides is 3. The molecule has 12 heteroatoms. The Kier molecular flexibility index (Phi) is 7.83. The predicted molar refractivity (Wildman–Crippen MR) is 105 cm³/mol. The molecular weight excluding hydrogens is 454 g/mol. The standard InChI is InChI=1S/C17H22Cl2F3N3O3S/c1-12(2)25(11-17(20,21)22)16(26)10-23-5-7-24(8-6-23)29(27,28)13-3-4-14(18)15(19)9-13/h3-4,9,12H,5-8,10-11H2,1-2H3. The van der Waals surface area contributed by atoms with Crippen molar-refractivity contribution in [3.8, 4) is 0 Å². The molecule has 1 heterocycles. The van der Waals surface area contributed by atoms with E-state index in [2.05, 4.69) is 0 Å². The zero-order valence-electron chi connectivity index (χ0n) is 15.9. The molecule has 2 rings (SSSR count). The van der Waals surface area contributed by atoms with Gasteiger partial charge in [-0.3, -0.25) is 9.69 Å². The monoisotopic (exact) mass is 475 g/mol. The van der Waals surface area contributed by atoms with Crippen molar-refractivity contribution in [1.29, 1.82) is 0 Å². The maximum Gasteiger partial charge on any atom is 0.406 e. The fourth-order valence-corrected chi connectivity index (χ4v) is 4.76. The van der Waals surface area contributed by atoms with E-state index < -0.39 is 34.7 Å². The highest BCUT2D eigenvalue weighted by atomic mass is 35.5. The summed E-state index contributed by atoms with van der Waals surface area (Å²) in [6, 6.07) is 3.43. The van der Waals surface area contributed by atoms with Crippen molar-refractivity contribution in [3.63, 3.8) is 0 Å². The van der Waals surface area contributed by atoms with E-state index in [1.807, 2.05) is 0 Å². The molecule has 0 spiro atoms. The van der Waals surface area contributed by atoms with Crippen molar-refractivity contribution in [2.24, 2.45) is 0 Å². The molecule has 0 saturated carbocycles. The van der Waals surface area contributed by atoms with E-state index in [1.54, 1.807) is 4.90 Å². The molecule has 0 aromatic heterocycles. The molecule has 0 bridgehead atoms. The van der Waals surface area contributed by atoms with Crippen LogP contribution in [-0.2, 0) is 14.8 Å². The summed E-state index contributed by atoms with van der Waals surface area (Å²) in [6.45, 7) is 2.20. The Bertz CT molecular complexity index is 842. The van der Waals surface area contributed by atoms with Gasteiger partial charge in [0.15, 0.2) is 0 Å². The smallest absolute Gasteiger partial charge is 0.330 e.